The highest BCUT2D eigenvalue weighted by Gasteiger charge is 2.24. The monoisotopic (exact) mass is 200 g/mol. The van der Waals surface area contributed by atoms with E-state index in [2.05, 4.69) is 10.6 Å². The van der Waals surface area contributed by atoms with Gasteiger partial charge in [0, 0.05) is 25.6 Å². The number of hydrogen-bond acceptors (Lipinski definition) is 3. The molecule has 1 aliphatic carbocycles. The molecule has 0 aromatic rings. The third-order valence-electron chi connectivity index (χ3n) is 2.61. The third kappa shape index (κ3) is 3.64. The Morgan fingerprint density at radius 2 is 2.29 bits per heavy atom. The summed E-state index contributed by atoms with van der Waals surface area (Å²) in [5, 5.41) is 15.4. The molecule has 0 aromatic carbocycles. The van der Waals surface area contributed by atoms with E-state index in [4.69, 9.17) is 0 Å². The Morgan fingerprint density at radius 3 is 2.86 bits per heavy atom. The molecule has 1 fully saturated rings. The van der Waals surface area contributed by atoms with Gasteiger partial charge in [0.05, 0.1) is 6.10 Å². The van der Waals surface area contributed by atoms with Crippen LogP contribution in [0.2, 0.25) is 0 Å². The van der Waals surface area contributed by atoms with Gasteiger partial charge in [0.2, 0.25) is 5.91 Å². The maximum atomic E-state index is 11.1. The molecule has 0 bridgehead atoms. The van der Waals surface area contributed by atoms with E-state index in [9.17, 15) is 9.90 Å². The largest absolute Gasteiger partial charge is 0.392 e. The average molecular weight is 200 g/mol. The molecule has 0 saturated heterocycles. The average Bonchev–Trinajstić information content (AvgIpc) is 2.52. The summed E-state index contributed by atoms with van der Waals surface area (Å²) in [7, 11) is 0. The first-order valence-corrected chi connectivity index (χ1v) is 5.42. The van der Waals surface area contributed by atoms with Crippen LogP contribution in [-0.4, -0.2) is 36.2 Å². The topological polar surface area (TPSA) is 61.4 Å². The van der Waals surface area contributed by atoms with Crippen LogP contribution < -0.4 is 10.6 Å². The summed E-state index contributed by atoms with van der Waals surface area (Å²) in [6, 6.07) is 0.199. The second-order valence-electron chi connectivity index (χ2n) is 3.76. The van der Waals surface area contributed by atoms with Crippen molar-refractivity contribution in [1.29, 1.82) is 0 Å². The van der Waals surface area contributed by atoms with E-state index in [1.165, 1.54) is 0 Å². The van der Waals surface area contributed by atoms with Gasteiger partial charge in [0.25, 0.3) is 0 Å². The second kappa shape index (κ2) is 5.98. The van der Waals surface area contributed by atoms with Crippen LogP contribution in [-0.2, 0) is 4.79 Å². The highest BCUT2D eigenvalue weighted by Crippen LogP contribution is 2.18. The predicted octanol–water partition coefficient (Wildman–Crippen LogP) is 0.0156. The number of nitrogens with one attached hydrogen (secondary N) is 2. The SMILES string of the molecule is CCNC(=O)CCNC1CCCC1O. The molecule has 1 rings (SSSR count). The summed E-state index contributed by atoms with van der Waals surface area (Å²) >= 11 is 0. The van der Waals surface area contributed by atoms with Crippen molar-refractivity contribution in [2.45, 2.75) is 44.8 Å². The summed E-state index contributed by atoms with van der Waals surface area (Å²) in [6.07, 6.45) is 3.27. The van der Waals surface area contributed by atoms with Crippen LogP contribution in [0.5, 0.6) is 0 Å². The molecule has 1 aliphatic rings. The summed E-state index contributed by atoms with van der Waals surface area (Å²) in [4.78, 5) is 11.1. The van der Waals surface area contributed by atoms with E-state index < -0.39 is 0 Å². The number of hydrogen-bond donors (Lipinski definition) is 3. The number of rotatable bonds is 5. The fourth-order valence-corrected chi connectivity index (χ4v) is 1.84. The molecule has 1 saturated carbocycles. The molecule has 2 atom stereocenters. The van der Waals surface area contributed by atoms with Gasteiger partial charge in [-0.2, -0.15) is 0 Å². The number of amides is 1. The van der Waals surface area contributed by atoms with Gasteiger partial charge in [0.15, 0.2) is 0 Å². The van der Waals surface area contributed by atoms with E-state index in [0.717, 1.165) is 19.3 Å². The number of aliphatic hydroxyl groups is 1. The molecule has 0 aliphatic heterocycles. The zero-order valence-electron chi connectivity index (χ0n) is 8.75. The number of carbonyl (C=O) groups is 1. The Bertz CT molecular complexity index is 185. The van der Waals surface area contributed by atoms with Crippen molar-refractivity contribution in [3.05, 3.63) is 0 Å². The highest BCUT2D eigenvalue weighted by molar-refractivity contribution is 5.75. The molecular weight excluding hydrogens is 180 g/mol. The van der Waals surface area contributed by atoms with Crippen LogP contribution in [0.25, 0.3) is 0 Å². The van der Waals surface area contributed by atoms with Gasteiger partial charge in [-0.3, -0.25) is 4.79 Å². The molecule has 0 heterocycles. The van der Waals surface area contributed by atoms with Crippen molar-refractivity contribution in [3.8, 4) is 0 Å². The molecule has 0 aromatic heterocycles. The molecule has 4 nitrogen and oxygen atoms in total. The minimum atomic E-state index is -0.218. The molecular formula is C10H20N2O2. The Hall–Kier alpha value is -0.610. The molecule has 0 radical (unpaired) electrons. The van der Waals surface area contributed by atoms with Crippen molar-refractivity contribution in [3.63, 3.8) is 0 Å². The first kappa shape index (κ1) is 11.5. The maximum Gasteiger partial charge on any atom is 0.221 e. The highest BCUT2D eigenvalue weighted by atomic mass is 16.3. The second-order valence-corrected chi connectivity index (χ2v) is 3.76. The molecule has 1 amide bonds. The zero-order valence-corrected chi connectivity index (χ0v) is 8.75. The Morgan fingerprint density at radius 1 is 1.50 bits per heavy atom. The molecule has 0 spiro atoms. The third-order valence-corrected chi connectivity index (χ3v) is 2.61. The molecule has 4 heteroatoms. The van der Waals surface area contributed by atoms with Gasteiger partial charge in [-0.05, 0) is 26.2 Å². The van der Waals surface area contributed by atoms with Crippen molar-refractivity contribution in [2.24, 2.45) is 0 Å². The smallest absolute Gasteiger partial charge is 0.221 e. The van der Waals surface area contributed by atoms with Gasteiger partial charge >= 0.3 is 0 Å². The van der Waals surface area contributed by atoms with Gasteiger partial charge < -0.3 is 15.7 Å². The van der Waals surface area contributed by atoms with Crippen LogP contribution in [0.1, 0.15) is 32.6 Å². The Balaban J connectivity index is 2.06. The zero-order chi connectivity index (χ0) is 10.4. The van der Waals surface area contributed by atoms with E-state index in [0.29, 0.717) is 19.5 Å². The van der Waals surface area contributed by atoms with Gasteiger partial charge in [-0.1, -0.05) is 0 Å². The van der Waals surface area contributed by atoms with Crippen molar-refractivity contribution in [2.75, 3.05) is 13.1 Å². The summed E-state index contributed by atoms with van der Waals surface area (Å²) in [6.45, 7) is 3.25. The first-order valence-electron chi connectivity index (χ1n) is 5.42. The van der Waals surface area contributed by atoms with Crippen LogP contribution in [0.15, 0.2) is 0 Å². The van der Waals surface area contributed by atoms with E-state index in [1.54, 1.807) is 0 Å². The number of carbonyl (C=O) groups excluding carboxylic acids is 1. The number of aliphatic hydroxyl groups excluding tert-OH is 1. The minimum absolute atomic E-state index is 0.0764. The lowest BCUT2D eigenvalue weighted by atomic mass is 10.2. The summed E-state index contributed by atoms with van der Waals surface area (Å²) in [5.74, 6) is 0.0764. The first-order chi connectivity index (χ1) is 6.74. The summed E-state index contributed by atoms with van der Waals surface area (Å²) < 4.78 is 0. The van der Waals surface area contributed by atoms with Gasteiger partial charge in [-0.25, -0.2) is 0 Å². The lowest BCUT2D eigenvalue weighted by Crippen LogP contribution is -2.38. The van der Waals surface area contributed by atoms with Crippen molar-refractivity contribution >= 4 is 5.91 Å². The minimum Gasteiger partial charge on any atom is -0.392 e. The van der Waals surface area contributed by atoms with Gasteiger partial charge in [0.1, 0.15) is 0 Å². The molecule has 3 N–H and O–H groups in total. The standard InChI is InChI=1S/C10H20N2O2/c1-2-11-10(14)6-7-12-8-4-3-5-9(8)13/h8-9,12-13H,2-7H2,1H3,(H,11,14). The van der Waals surface area contributed by atoms with Crippen molar-refractivity contribution < 1.29 is 9.90 Å². The van der Waals surface area contributed by atoms with Crippen LogP contribution in [0, 0.1) is 0 Å². The predicted molar refractivity (Wildman–Crippen MR) is 54.9 cm³/mol. The lowest BCUT2D eigenvalue weighted by Gasteiger charge is -2.15. The van der Waals surface area contributed by atoms with Crippen molar-refractivity contribution in [1.82, 2.24) is 10.6 Å². The maximum absolute atomic E-state index is 11.1. The summed E-state index contributed by atoms with van der Waals surface area (Å²) in [5.41, 5.74) is 0. The van der Waals surface area contributed by atoms with E-state index in [-0.39, 0.29) is 18.1 Å². The molecule has 14 heavy (non-hydrogen) atoms. The van der Waals surface area contributed by atoms with E-state index in [1.807, 2.05) is 6.92 Å². The Kier molecular flexibility index (Phi) is 4.90. The Labute approximate surface area is 85.1 Å². The molecule has 82 valence electrons. The van der Waals surface area contributed by atoms with Crippen LogP contribution >= 0.6 is 0 Å². The lowest BCUT2D eigenvalue weighted by molar-refractivity contribution is -0.120. The van der Waals surface area contributed by atoms with Gasteiger partial charge in [-0.15, -0.1) is 0 Å². The molecule has 2 unspecified atom stereocenters. The fraction of sp³-hybridized carbons (Fsp3) is 0.900. The quantitative estimate of drug-likeness (QED) is 0.586. The van der Waals surface area contributed by atoms with Crippen LogP contribution in [0.4, 0.5) is 0 Å². The van der Waals surface area contributed by atoms with E-state index >= 15 is 0 Å². The normalized spacial score (nSPS) is 26.4. The fourth-order valence-electron chi connectivity index (χ4n) is 1.84. The van der Waals surface area contributed by atoms with Crippen LogP contribution in [0.3, 0.4) is 0 Å².